The lowest BCUT2D eigenvalue weighted by Gasteiger charge is -2.32. The highest BCUT2D eigenvalue weighted by Gasteiger charge is 2.29. The Hall–Kier alpha value is -0.520. The number of nitrogens with zero attached hydrogens (tertiary/aromatic N) is 2. The molecule has 0 bridgehead atoms. The Morgan fingerprint density at radius 3 is 2.93 bits per heavy atom. The largest absolute Gasteiger partial charge is 0.389 e. The summed E-state index contributed by atoms with van der Waals surface area (Å²) in [5.74, 6) is 0.764. The van der Waals surface area contributed by atoms with Crippen LogP contribution in [0.25, 0.3) is 0 Å². The van der Waals surface area contributed by atoms with Crippen molar-refractivity contribution >= 4 is 11.8 Å². The van der Waals surface area contributed by atoms with Crippen LogP contribution in [-0.4, -0.2) is 39.3 Å². The van der Waals surface area contributed by atoms with Crippen LogP contribution in [0, 0.1) is 0 Å². The van der Waals surface area contributed by atoms with Gasteiger partial charge in [-0.15, -0.1) is 11.8 Å². The fourth-order valence-electron chi connectivity index (χ4n) is 1.73. The standard InChI is InChI=1S/C10H17N3OS/c1-13-7-9(6-12-13)15-8-10(14)2-4-11-5-3-10/h6-7,11,14H,2-5,8H2,1H3. The number of rotatable bonds is 3. The fraction of sp³-hybridized carbons (Fsp3) is 0.700. The molecule has 0 unspecified atom stereocenters. The minimum atomic E-state index is -0.494. The molecular weight excluding hydrogens is 210 g/mol. The highest BCUT2D eigenvalue weighted by Crippen LogP contribution is 2.27. The minimum absolute atomic E-state index is 0.494. The molecule has 1 aliphatic rings. The van der Waals surface area contributed by atoms with Crippen molar-refractivity contribution in [3.63, 3.8) is 0 Å². The zero-order valence-corrected chi connectivity index (χ0v) is 9.76. The van der Waals surface area contributed by atoms with E-state index in [1.54, 1.807) is 16.4 Å². The van der Waals surface area contributed by atoms with Crippen LogP contribution in [0.4, 0.5) is 0 Å². The molecule has 15 heavy (non-hydrogen) atoms. The van der Waals surface area contributed by atoms with Crippen LogP contribution in [0.1, 0.15) is 12.8 Å². The lowest BCUT2D eigenvalue weighted by atomic mass is 9.95. The van der Waals surface area contributed by atoms with Crippen molar-refractivity contribution < 1.29 is 5.11 Å². The SMILES string of the molecule is Cn1cc(SCC2(O)CCNCC2)cn1. The van der Waals surface area contributed by atoms with E-state index in [1.807, 2.05) is 19.4 Å². The molecule has 1 fully saturated rings. The van der Waals surface area contributed by atoms with Gasteiger partial charge < -0.3 is 10.4 Å². The molecule has 84 valence electrons. The highest BCUT2D eigenvalue weighted by molar-refractivity contribution is 7.99. The monoisotopic (exact) mass is 227 g/mol. The summed E-state index contributed by atoms with van der Waals surface area (Å²) in [6, 6.07) is 0. The third kappa shape index (κ3) is 2.96. The Bertz CT molecular complexity index is 320. The molecule has 2 N–H and O–H groups in total. The van der Waals surface area contributed by atoms with Crippen molar-refractivity contribution in [3.05, 3.63) is 12.4 Å². The summed E-state index contributed by atoms with van der Waals surface area (Å²) in [6.45, 7) is 1.84. The van der Waals surface area contributed by atoms with Crippen molar-refractivity contribution in [1.29, 1.82) is 0 Å². The average molecular weight is 227 g/mol. The van der Waals surface area contributed by atoms with Crippen LogP contribution < -0.4 is 5.32 Å². The molecule has 0 spiro atoms. The van der Waals surface area contributed by atoms with E-state index in [2.05, 4.69) is 10.4 Å². The lowest BCUT2D eigenvalue weighted by Crippen LogP contribution is -2.43. The number of hydrogen-bond acceptors (Lipinski definition) is 4. The van der Waals surface area contributed by atoms with Gasteiger partial charge in [-0.2, -0.15) is 5.10 Å². The van der Waals surface area contributed by atoms with Gasteiger partial charge in [0.05, 0.1) is 11.8 Å². The molecule has 1 aliphatic heterocycles. The quantitative estimate of drug-likeness (QED) is 0.744. The van der Waals surface area contributed by atoms with Crippen LogP contribution in [0.15, 0.2) is 17.3 Å². The summed E-state index contributed by atoms with van der Waals surface area (Å²) in [4.78, 5) is 1.13. The van der Waals surface area contributed by atoms with E-state index in [0.29, 0.717) is 0 Å². The second-order valence-electron chi connectivity index (χ2n) is 4.11. The number of aliphatic hydroxyl groups is 1. The molecule has 0 aliphatic carbocycles. The minimum Gasteiger partial charge on any atom is -0.389 e. The van der Waals surface area contributed by atoms with Crippen LogP contribution in [0.3, 0.4) is 0 Å². The molecule has 5 heteroatoms. The second-order valence-corrected chi connectivity index (χ2v) is 5.16. The number of aromatic nitrogens is 2. The average Bonchev–Trinajstić information content (AvgIpc) is 2.63. The van der Waals surface area contributed by atoms with Crippen molar-refractivity contribution in [1.82, 2.24) is 15.1 Å². The summed E-state index contributed by atoms with van der Waals surface area (Å²) in [5.41, 5.74) is -0.494. The molecule has 0 aromatic carbocycles. The van der Waals surface area contributed by atoms with Gasteiger partial charge in [0.25, 0.3) is 0 Å². The Morgan fingerprint density at radius 1 is 1.60 bits per heavy atom. The van der Waals surface area contributed by atoms with Crippen molar-refractivity contribution in [2.45, 2.75) is 23.3 Å². The second kappa shape index (κ2) is 4.55. The van der Waals surface area contributed by atoms with Crippen LogP contribution in [-0.2, 0) is 7.05 Å². The van der Waals surface area contributed by atoms with Gasteiger partial charge in [-0.25, -0.2) is 0 Å². The summed E-state index contributed by atoms with van der Waals surface area (Å²) < 4.78 is 1.79. The van der Waals surface area contributed by atoms with E-state index in [0.717, 1.165) is 36.6 Å². The maximum atomic E-state index is 10.3. The van der Waals surface area contributed by atoms with Crippen molar-refractivity contribution in [2.24, 2.45) is 7.05 Å². The first-order chi connectivity index (χ1) is 7.18. The Balaban J connectivity index is 1.86. The van der Waals surface area contributed by atoms with Gasteiger partial charge in [-0.1, -0.05) is 0 Å². The fourth-order valence-corrected chi connectivity index (χ4v) is 2.80. The van der Waals surface area contributed by atoms with E-state index < -0.39 is 5.60 Å². The Kier molecular flexibility index (Phi) is 3.33. The topological polar surface area (TPSA) is 50.1 Å². The van der Waals surface area contributed by atoms with E-state index in [1.165, 1.54) is 0 Å². The van der Waals surface area contributed by atoms with E-state index in [4.69, 9.17) is 0 Å². The maximum Gasteiger partial charge on any atom is 0.0765 e. The molecule has 1 aromatic rings. The summed E-state index contributed by atoms with van der Waals surface area (Å²) >= 11 is 1.69. The first-order valence-electron chi connectivity index (χ1n) is 5.23. The first kappa shape index (κ1) is 11.0. The van der Waals surface area contributed by atoms with Crippen LogP contribution in [0.2, 0.25) is 0 Å². The molecule has 0 radical (unpaired) electrons. The smallest absolute Gasteiger partial charge is 0.0765 e. The van der Waals surface area contributed by atoms with Gasteiger partial charge in [0.15, 0.2) is 0 Å². The van der Waals surface area contributed by atoms with Gasteiger partial charge in [0.1, 0.15) is 0 Å². The summed E-state index contributed by atoms with van der Waals surface area (Å²) in [6.07, 6.45) is 5.52. The van der Waals surface area contributed by atoms with Gasteiger partial charge in [-0.3, -0.25) is 4.68 Å². The molecule has 1 saturated heterocycles. The van der Waals surface area contributed by atoms with Gasteiger partial charge in [0, 0.05) is 23.9 Å². The first-order valence-corrected chi connectivity index (χ1v) is 6.21. The van der Waals surface area contributed by atoms with Gasteiger partial charge >= 0.3 is 0 Å². The number of hydrogen-bond donors (Lipinski definition) is 2. The third-order valence-electron chi connectivity index (χ3n) is 2.72. The number of nitrogens with one attached hydrogen (secondary N) is 1. The van der Waals surface area contributed by atoms with Gasteiger partial charge in [0.2, 0.25) is 0 Å². The highest BCUT2D eigenvalue weighted by atomic mass is 32.2. The van der Waals surface area contributed by atoms with Crippen molar-refractivity contribution in [3.8, 4) is 0 Å². The molecule has 0 atom stereocenters. The lowest BCUT2D eigenvalue weighted by molar-refractivity contribution is 0.0339. The molecule has 2 heterocycles. The predicted octanol–water partition coefficient (Wildman–Crippen LogP) is 0.627. The number of thioether (sulfide) groups is 1. The third-order valence-corrected chi connectivity index (χ3v) is 3.95. The predicted molar refractivity (Wildman–Crippen MR) is 61.0 cm³/mol. The van der Waals surface area contributed by atoms with E-state index >= 15 is 0 Å². The Labute approximate surface area is 94.1 Å². The summed E-state index contributed by atoms with van der Waals surface area (Å²) in [5, 5.41) is 17.6. The molecular formula is C10H17N3OS. The normalized spacial score (nSPS) is 20.4. The maximum absolute atomic E-state index is 10.3. The zero-order chi connectivity index (χ0) is 10.7. The molecule has 0 saturated carbocycles. The van der Waals surface area contributed by atoms with Crippen LogP contribution >= 0.6 is 11.8 Å². The van der Waals surface area contributed by atoms with E-state index in [9.17, 15) is 5.11 Å². The van der Waals surface area contributed by atoms with Crippen LogP contribution in [0.5, 0.6) is 0 Å². The van der Waals surface area contributed by atoms with Crippen molar-refractivity contribution in [2.75, 3.05) is 18.8 Å². The zero-order valence-electron chi connectivity index (χ0n) is 8.94. The molecule has 4 nitrogen and oxygen atoms in total. The number of piperidine rings is 1. The van der Waals surface area contributed by atoms with Gasteiger partial charge in [-0.05, 0) is 25.9 Å². The Morgan fingerprint density at radius 2 is 2.33 bits per heavy atom. The van der Waals surface area contributed by atoms with E-state index in [-0.39, 0.29) is 0 Å². The molecule has 1 aromatic heterocycles. The number of aryl methyl sites for hydroxylation is 1. The summed E-state index contributed by atoms with van der Waals surface area (Å²) in [7, 11) is 1.91. The molecule has 2 rings (SSSR count). The molecule has 0 amide bonds.